The van der Waals surface area contributed by atoms with E-state index in [1.54, 1.807) is 16.7 Å². The molecule has 3 amide bonds. The summed E-state index contributed by atoms with van der Waals surface area (Å²) in [6.45, 7) is 6.54. The van der Waals surface area contributed by atoms with Gasteiger partial charge in [0.2, 0.25) is 5.91 Å². The summed E-state index contributed by atoms with van der Waals surface area (Å²) in [4.78, 5) is 32.5. The molecule has 4 rings (SSSR count). The maximum atomic E-state index is 12.7. The van der Waals surface area contributed by atoms with Crippen LogP contribution >= 0.6 is 23.1 Å². The van der Waals surface area contributed by atoms with Crippen LogP contribution in [-0.2, 0) is 4.79 Å². The molecule has 0 radical (unpaired) electrons. The van der Waals surface area contributed by atoms with Crippen LogP contribution in [0.2, 0.25) is 0 Å². The highest BCUT2D eigenvalue weighted by atomic mass is 32.2. The van der Waals surface area contributed by atoms with Crippen molar-refractivity contribution < 1.29 is 9.59 Å². The summed E-state index contributed by atoms with van der Waals surface area (Å²) in [6, 6.07) is -0.325. The van der Waals surface area contributed by atoms with E-state index in [1.165, 1.54) is 30.6 Å². The van der Waals surface area contributed by atoms with E-state index in [2.05, 4.69) is 16.9 Å². The van der Waals surface area contributed by atoms with Crippen LogP contribution in [0.15, 0.2) is 16.9 Å². The molecule has 3 aliphatic rings. The number of hydrogen-bond donors (Lipinski definition) is 3. The number of nitrogens with two attached hydrogens (primary N) is 2. The van der Waals surface area contributed by atoms with E-state index in [0.29, 0.717) is 29.7 Å². The van der Waals surface area contributed by atoms with Crippen LogP contribution in [0.5, 0.6) is 0 Å². The van der Waals surface area contributed by atoms with Gasteiger partial charge in [0.15, 0.2) is 5.13 Å². The third kappa shape index (κ3) is 3.20. The Balaban J connectivity index is 1.42. The number of thiazole rings is 1. The Labute approximate surface area is 172 Å². The molecular weight excluding hydrogens is 394 g/mol. The van der Waals surface area contributed by atoms with Crippen LogP contribution in [0, 0.1) is 18.8 Å². The molecule has 2 heterocycles. The Hall–Kier alpha value is -2.00. The lowest BCUT2D eigenvalue weighted by atomic mass is 9.85. The van der Waals surface area contributed by atoms with Crippen LogP contribution in [0.4, 0.5) is 9.93 Å². The number of nitrogens with one attached hydrogen (secondary N) is 1. The maximum Gasteiger partial charge on any atom is 0.324 e. The number of thioether (sulfide) groups is 1. The van der Waals surface area contributed by atoms with Crippen molar-refractivity contribution >= 4 is 45.9 Å². The molecular formula is C19H25N5O2S2. The second-order valence-electron chi connectivity index (χ2n) is 7.78. The molecule has 150 valence electrons. The van der Waals surface area contributed by atoms with Crippen molar-refractivity contribution in [2.45, 2.75) is 44.6 Å². The normalized spacial score (nSPS) is 26.5. The number of nitrogens with zero attached hydrogens (tertiary/aromatic N) is 2. The van der Waals surface area contributed by atoms with E-state index in [4.69, 9.17) is 11.5 Å². The van der Waals surface area contributed by atoms with Gasteiger partial charge in [0.25, 0.3) is 0 Å². The van der Waals surface area contributed by atoms with E-state index < -0.39 is 11.4 Å². The van der Waals surface area contributed by atoms with E-state index in [0.717, 1.165) is 21.9 Å². The third-order valence-electron chi connectivity index (χ3n) is 6.10. The van der Waals surface area contributed by atoms with Gasteiger partial charge in [0.05, 0.1) is 16.3 Å². The smallest absolute Gasteiger partial charge is 0.324 e. The molecule has 0 unspecified atom stereocenters. The summed E-state index contributed by atoms with van der Waals surface area (Å²) in [6.07, 6.45) is 5.17. The predicted molar refractivity (Wildman–Crippen MR) is 113 cm³/mol. The van der Waals surface area contributed by atoms with Gasteiger partial charge in [-0.25, -0.2) is 9.78 Å². The van der Waals surface area contributed by atoms with E-state index >= 15 is 0 Å². The fourth-order valence-electron chi connectivity index (χ4n) is 4.09. The number of urea groups is 1. The number of anilines is 1. The summed E-state index contributed by atoms with van der Waals surface area (Å²) in [5, 5.41) is 5.20. The molecule has 9 heteroatoms. The molecule has 3 fully saturated rings. The number of amides is 3. The monoisotopic (exact) mass is 419 g/mol. The molecule has 1 aliphatic heterocycles. The van der Waals surface area contributed by atoms with Gasteiger partial charge in [-0.3, -0.25) is 10.1 Å². The number of rotatable bonds is 6. The topological polar surface area (TPSA) is 114 Å². The summed E-state index contributed by atoms with van der Waals surface area (Å²) < 4.78 is 0. The SMILES string of the molecule is C=C(S/C=C(\N)c1sc(NC(=O)N2CC[C@@H]3C[C@@]32C(N)=O)nc1C)C1CCC1. The number of allylic oxidation sites excluding steroid dienone is 1. The predicted octanol–water partition coefficient (Wildman–Crippen LogP) is 3.24. The summed E-state index contributed by atoms with van der Waals surface area (Å²) in [7, 11) is 0. The first-order chi connectivity index (χ1) is 13.3. The Bertz CT molecular complexity index is 876. The molecule has 1 saturated heterocycles. The van der Waals surface area contributed by atoms with Crippen molar-refractivity contribution in [2.75, 3.05) is 11.9 Å². The molecule has 0 spiro atoms. The summed E-state index contributed by atoms with van der Waals surface area (Å²) >= 11 is 2.91. The molecule has 1 aromatic heterocycles. The molecule has 0 aromatic carbocycles. The van der Waals surface area contributed by atoms with Gasteiger partial charge in [0.1, 0.15) is 5.54 Å². The first-order valence-electron chi connectivity index (χ1n) is 9.50. The number of aryl methyl sites for hydroxylation is 1. The number of fused-ring (bicyclic) bond motifs is 1. The standard InChI is InChI=1S/C19H25N5O2S2/c1-10-15(14(20)9-27-11(2)12-4-3-5-12)28-17(22-10)23-18(26)24-7-6-13-8-19(13,24)16(21)25/h9,12-13H,2-8,20H2,1H3,(H2,21,25)(H,22,23,26)/b14-9-/t13-,19+/m1/s1. The van der Waals surface area contributed by atoms with Crippen LogP contribution < -0.4 is 16.8 Å². The Morgan fingerprint density at radius 2 is 2.14 bits per heavy atom. The quantitative estimate of drug-likeness (QED) is 0.655. The van der Waals surface area contributed by atoms with Crippen molar-refractivity contribution in [3.8, 4) is 0 Å². The van der Waals surface area contributed by atoms with Gasteiger partial charge >= 0.3 is 6.03 Å². The van der Waals surface area contributed by atoms with Gasteiger partial charge in [-0.15, -0.1) is 11.8 Å². The molecule has 5 N–H and O–H groups in total. The van der Waals surface area contributed by atoms with Crippen LogP contribution in [-0.4, -0.2) is 33.9 Å². The molecule has 1 aromatic rings. The first kappa shape index (κ1) is 19.3. The largest absolute Gasteiger partial charge is 0.397 e. The van der Waals surface area contributed by atoms with Crippen molar-refractivity contribution in [1.82, 2.24) is 9.88 Å². The number of carbonyl (C=O) groups excluding carboxylic acids is 2. The van der Waals surface area contributed by atoms with Gasteiger partial charge in [-0.2, -0.15) is 0 Å². The fourth-order valence-corrected chi connectivity index (χ4v) is 5.87. The zero-order valence-electron chi connectivity index (χ0n) is 15.9. The van der Waals surface area contributed by atoms with E-state index in [1.807, 2.05) is 12.3 Å². The maximum absolute atomic E-state index is 12.7. The van der Waals surface area contributed by atoms with Gasteiger partial charge < -0.3 is 16.4 Å². The number of likely N-dealkylation sites (tertiary alicyclic amines) is 1. The first-order valence-corrected chi connectivity index (χ1v) is 11.2. The van der Waals surface area contributed by atoms with E-state index in [-0.39, 0.29) is 11.9 Å². The lowest BCUT2D eigenvalue weighted by Crippen LogP contribution is -2.50. The highest BCUT2D eigenvalue weighted by Gasteiger charge is 2.67. The lowest BCUT2D eigenvalue weighted by Gasteiger charge is -2.26. The molecule has 2 atom stereocenters. The zero-order chi connectivity index (χ0) is 20.1. The molecule has 0 bridgehead atoms. The van der Waals surface area contributed by atoms with E-state index in [9.17, 15) is 9.59 Å². The minimum absolute atomic E-state index is 0.198. The molecule has 28 heavy (non-hydrogen) atoms. The Morgan fingerprint density at radius 3 is 2.75 bits per heavy atom. The van der Waals surface area contributed by atoms with Crippen molar-refractivity contribution in [3.05, 3.63) is 27.5 Å². The van der Waals surface area contributed by atoms with Crippen molar-refractivity contribution in [2.24, 2.45) is 23.3 Å². The van der Waals surface area contributed by atoms with Crippen LogP contribution in [0.3, 0.4) is 0 Å². The highest BCUT2D eigenvalue weighted by molar-refractivity contribution is 8.06. The van der Waals surface area contributed by atoms with Gasteiger partial charge in [0, 0.05) is 12.0 Å². The second-order valence-corrected chi connectivity index (χ2v) is 9.77. The highest BCUT2D eigenvalue weighted by Crippen LogP contribution is 2.55. The molecule has 2 aliphatic carbocycles. The number of primary amides is 1. The minimum Gasteiger partial charge on any atom is -0.397 e. The lowest BCUT2D eigenvalue weighted by molar-refractivity contribution is -0.123. The number of aromatic nitrogens is 1. The Kier molecular flexibility index (Phi) is 4.91. The number of hydrogen-bond acceptors (Lipinski definition) is 6. The van der Waals surface area contributed by atoms with Crippen LogP contribution in [0.1, 0.15) is 42.7 Å². The number of carbonyl (C=O) groups is 2. The minimum atomic E-state index is -0.795. The van der Waals surface area contributed by atoms with Crippen LogP contribution in [0.25, 0.3) is 5.70 Å². The second kappa shape index (κ2) is 7.11. The average molecular weight is 420 g/mol. The summed E-state index contributed by atoms with van der Waals surface area (Å²) in [5.41, 5.74) is 12.4. The summed E-state index contributed by atoms with van der Waals surface area (Å²) in [5.74, 6) is 0.372. The zero-order valence-corrected chi connectivity index (χ0v) is 17.5. The average Bonchev–Trinajstić information content (AvgIpc) is 3.03. The molecule has 2 saturated carbocycles. The third-order valence-corrected chi connectivity index (χ3v) is 8.23. The van der Waals surface area contributed by atoms with Gasteiger partial charge in [-0.1, -0.05) is 24.3 Å². The fraction of sp³-hybridized carbons (Fsp3) is 0.526. The Morgan fingerprint density at radius 1 is 1.39 bits per heavy atom. The molecule has 7 nitrogen and oxygen atoms in total. The number of piperidine rings is 1. The van der Waals surface area contributed by atoms with Gasteiger partial charge in [-0.05, 0) is 49.3 Å². The van der Waals surface area contributed by atoms with Crippen molar-refractivity contribution in [1.29, 1.82) is 0 Å². The van der Waals surface area contributed by atoms with Crippen molar-refractivity contribution in [3.63, 3.8) is 0 Å².